The summed E-state index contributed by atoms with van der Waals surface area (Å²) in [5.41, 5.74) is 6.28. The van der Waals surface area contributed by atoms with E-state index >= 15 is 0 Å². The van der Waals surface area contributed by atoms with Gasteiger partial charge in [-0.05, 0) is 90.3 Å². The Morgan fingerprint density at radius 1 is 0.569 bits per heavy atom. The molecule has 0 heterocycles. The maximum Gasteiger partial charge on any atom is 0.296 e. The summed E-state index contributed by atoms with van der Waals surface area (Å²) in [7, 11) is -11.7. The fourth-order valence-corrected chi connectivity index (χ4v) is 7.97. The van der Waals surface area contributed by atoms with Crippen LogP contribution in [-0.2, 0) is 30.4 Å². The molecule has 7 aromatic rings. The molecule has 0 aliphatic heterocycles. The number of carbonyl (C=O) groups excluding carboxylic acids is 1. The molecule has 7 rings (SSSR count). The van der Waals surface area contributed by atoms with Crippen molar-refractivity contribution in [3.8, 4) is 17.2 Å². The number of nitrogens with zero attached hydrogens (tertiary/aromatic N) is 6. The third kappa shape index (κ3) is 10.1. The molecule has 65 heavy (non-hydrogen) atoms. The van der Waals surface area contributed by atoms with E-state index in [-0.39, 0.29) is 72.7 Å². The number of nitrogens with two attached hydrogens (primary N) is 1. The molecule has 1 amide bonds. The average Bonchev–Trinajstić information content (AvgIpc) is 3.26. The van der Waals surface area contributed by atoms with E-state index in [1.165, 1.54) is 80.9 Å². The number of phenolic OH excluding ortho intramolecular Hbond substituents is 1. The predicted molar refractivity (Wildman–Crippen MR) is 236 cm³/mol. The van der Waals surface area contributed by atoms with Gasteiger partial charge in [0, 0.05) is 45.2 Å². The van der Waals surface area contributed by atoms with E-state index in [9.17, 15) is 48.8 Å². The van der Waals surface area contributed by atoms with E-state index in [0.29, 0.717) is 5.69 Å². The van der Waals surface area contributed by atoms with E-state index in [2.05, 4.69) is 36.0 Å². The summed E-state index contributed by atoms with van der Waals surface area (Å²) in [6.45, 7) is 0. The lowest BCUT2D eigenvalue weighted by molar-refractivity contribution is 0.102. The summed E-state index contributed by atoms with van der Waals surface area (Å²) in [6, 6.07) is 25.6. The smallest absolute Gasteiger partial charge is 0.296 e. The van der Waals surface area contributed by atoms with Crippen molar-refractivity contribution in [3.63, 3.8) is 0 Å². The van der Waals surface area contributed by atoms with Crippen molar-refractivity contribution in [2.75, 3.05) is 25.3 Å². The number of fused-ring (bicyclic) bond motifs is 2. The Morgan fingerprint density at radius 3 is 1.78 bits per heavy atom. The number of phenols is 1. The Balaban J connectivity index is 1.23. The molecule has 0 unspecified atom stereocenters. The second-order valence-corrected chi connectivity index (χ2v) is 17.9. The van der Waals surface area contributed by atoms with Crippen LogP contribution >= 0.6 is 0 Å². The summed E-state index contributed by atoms with van der Waals surface area (Å²) in [6.07, 6.45) is 0. The molecule has 0 radical (unpaired) electrons. The van der Waals surface area contributed by atoms with Crippen LogP contribution in [0, 0.1) is 0 Å². The number of rotatable bonds is 13. The van der Waals surface area contributed by atoms with Crippen molar-refractivity contribution >= 4 is 103 Å². The van der Waals surface area contributed by atoms with Gasteiger partial charge in [0.2, 0.25) is 0 Å². The van der Waals surface area contributed by atoms with Crippen LogP contribution in [0.15, 0.2) is 161 Å². The van der Waals surface area contributed by atoms with Crippen LogP contribution in [-0.4, -0.2) is 64.1 Å². The van der Waals surface area contributed by atoms with Gasteiger partial charge in [0.25, 0.3) is 36.3 Å². The first-order valence-corrected chi connectivity index (χ1v) is 22.6. The number of hydrogen-bond acceptors (Lipinski definition) is 17. The number of nitrogens with one attached hydrogen (secondary N) is 1. The fourth-order valence-electron chi connectivity index (χ4n) is 6.29. The maximum absolute atomic E-state index is 12.8. The molecule has 0 spiro atoms. The summed E-state index contributed by atoms with van der Waals surface area (Å²) >= 11 is 0. The van der Waals surface area contributed by atoms with Gasteiger partial charge < -0.3 is 25.6 Å². The Hall–Kier alpha value is -7.74. The maximum atomic E-state index is 12.8. The number of nitrogen functional groups attached to an aromatic ring is 1. The summed E-state index contributed by atoms with van der Waals surface area (Å²) in [5.74, 6) is -1.17. The molecule has 0 bridgehead atoms. The Kier molecular flexibility index (Phi) is 12.4. The number of aromatic hydroxyl groups is 1. The minimum atomic E-state index is -5.04. The Labute approximate surface area is 368 Å². The number of ether oxygens (including phenoxy) is 2. The van der Waals surface area contributed by atoms with E-state index in [4.69, 9.17) is 15.2 Å². The molecule has 0 aliphatic rings. The second kappa shape index (κ2) is 17.8. The van der Waals surface area contributed by atoms with Gasteiger partial charge in [0.15, 0.2) is 5.75 Å². The highest BCUT2D eigenvalue weighted by Crippen LogP contribution is 2.45. The van der Waals surface area contributed by atoms with Crippen molar-refractivity contribution in [3.05, 3.63) is 121 Å². The number of anilines is 2. The quantitative estimate of drug-likeness (QED) is 0.0356. The lowest BCUT2D eigenvalue weighted by atomic mass is 10.1. The van der Waals surface area contributed by atoms with Gasteiger partial charge in [-0.15, -0.1) is 25.6 Å². The molecule has 24 heteroatoms. The molecule has 0 saturated heterocycles. The zero-order valence-corrected chi connectivity index (χ0v) is 35.9. The zero-order valence-electron chi connectivity index (χ0n) is 33.4. The highest BCUT2D eigenvalue weighted by atomic mass is 32.2. The van der Waals surface area contributed by atoms with Gasteiger partial charge >= 0.3 is 0 Å². The molecule has 0 aliphatic carbocycles. The molecule has 7 N–H and O–H groups in total. The normalized spacial score (nSPS) is 12.4. The number of methoxy groups -OCH3 is 2. The minimum absolute atomic E-state index is 0.00918. The van der Waals surface area contributed by atoms with E-state index in [1.54, 1.807) is 18.2 Å². The minimum Gasteiger partial charge on any atom is -0.505 e. The first kappa shape index (κ1) is 45.3. The number of amides is 1. The molecule has 21 nitrogen and oxygen atoms in total. The van der Waals surface area contributed by atoms with E-state index in [0.717, 1.165) is 30.3 Å². The van der Waals surface area contributed by atoms with Crippen molar-refractivity contribution in [1.29, 1.82) is 0 Å². The number of hydrogen-bond donors (Lipinski definition) is 6. The van der Waals surface area contributed by atoms with Crippen molar-refractivity contribution < 1.29 is 58.3 Å². The topological polar surface area (TPSA) is 331 Å². The summed E-state index contributed by atoms with van der Waals surface area (Å²) < 4.78 is 113. The van der Waals surface area contributed by atoms with Crippen molar-refractivity contribution in [2.45, 2.75) is 14.7 Å². The molecular weight excluding hydrogens is 909 g/mol. The number of benzene rings is 7. The van der Waals surface area contributed by atoms with Crippen LogP contribution in [0.25, 0.3) is 21.5 Å². The van der Waals surface area contributed by atoms with Crippen LogP contribution in [0.3, 0.4) is 0 Å². The lowest BCUT2D eigenvalue weighted by Gasteiger charge is -2.12. The summed E-state index contributed by atoms with van der Waals surface area (Å²) in [5, 5.41) is 39.4. The largest absolute Gasteiger partial charge is 0.505 e. The van der Waals surface area contributed by atoms with Crippen LogP contribution < -0.4 is 20.5 Å². The molecule has 0 saturated carbocycles. The highest BCUT2D eigenvalue weighted by Gasteiger charge is 2.23. The Bertz CT molecular complexity index is 3530. The standard InChI is InChI=1S/C41H32N8O13S3/c1-61-36-21-35(48-49-39-38(65(58,59)60)17-23-16-25(9-11-29(23)40(39)50)43-41(51)22-5-3-6-24(42)15-22)37(62-2)20-34(36)47-46-33-14-13-32(30-12-10-28(19-31(30)33)64(55,56)57)45-44-26-7-4-8-27(18-26)63(52,53)54/h3-21,50H,42H2,1-2H3,(H,43,51)(H,52,53,54)(H,55,56,57)(H,58,59,60). The SMILES string of the molecule is COc1cc(N=Nc2ccc(N=Nc3cccc(S(=O)(=O)O)c3)c3ccc(S(=O)(=O)O)cc23)c(OC)cc1N=Nc1c(S(=O)(=O)O)cc2cc(NC(=O)c3cccc(N)c3)ccc2c1O. The van der Waals surface area contributed by atoms with Gasteiger partial charge in [-0.3, -0.25) is 18.5 Å². The number of azo groups is 3. The number of carbonyl (C=O) groups is 1. The average molecular weight is 941 g/mol. The molecule has 0 fully saturated rings. The third-order valence-electron chi connectivity index (χ3n) is 9.37. The Morgan fingerprint density at radius 2 is 1.15 bits per heavy atom. The molecule has 0 atom stereocenters. The first-order chi connectivity index (χ1) is 30.7. The second-order valence-electron chi connectivity index (χ2n) is 13.6. The van der Waals surface area contributed by atoms with E-state index in [1.807, 2.05) is 0 Å². The van der Waals surface area contributed by atoms with Crippen LogP contribution in [0.1, 0.15) is 10.4 Å². The highest BCUT2D eigenvalue weighted by molar-refractivity contribution is 7.86. The van der Waals surface area contributed by atoms with E-state index < -0.39 is 62.4 Å². The molecule has 7 aromatic carbocycles. The predicted octanol–water partition coefficient (Wildman–Crippen LogP) is 9.54. The van der Waals surface area contributed by atoms with Crippen LogP contribution in [0.4, 0.5) is 45.5 Å². The van der Waals surface area contributed by atoms with Gasteiger partial charge in [0.1, 0.15) is 33.5 Å². The molecule has 332 valence electrons. The third-order valence-corrected chi connectivity index (χ3v) is 11.9. The van der Waals surface area contributed by atoms with Crippen molar-refractivity contribution in [2.24, 2.45) is 30.7 Å². The van der Waals surface area contributed by atoms with Crippen LogP contribution in [0.5, 0.6) is 17.2 Å². The van der Waals surface area contributed by atoms with Gasteiger partial charge in [-0.1, -0.05) is 18.2 Å². The van der Waals surface area contributed by atoms with Gasteiger partial charge in [-0.2, -0.15) is 30.4 Å². The first-order valence-electron chi connectivity index (χ1n) is 18.3. The lowest BCUT2D eigenvalue weighted by Crippen LogP contribution is -2.12. The van der Waals surface area contributed by atoms with Crippen LogP contribution in [0.2, 0.25) is 0 Å². The monoisotopic (exact) mass is 940 g/mol. The van der Waals surface area contributed by atoms with Crippen molar-refractivity contribution in [1.82, 2.24) is 0 Å². The molecular formula is C41H32N8O13S3. The zero-order chi connectivity index (χ0) is 46.8. The summed E-state index contributed by atoms with van der Waals surface area (Å²) in [4.78, 5) is 11.1. The van der Waals surface area contributed by atoms with Gasteiger partial charge in [0.05, 0.1) is 41.1 Å². The van der Waals surface area contributed by atoms with Gasteiger partial charge in [-0.25, -0.2) is 0 Å². The fraction of sp³-hybridized carbons (Fsp3) is 0.0488. The molecule has 0 aromatic heterocycles.